The molecule has 1 N–H and O–H groups in total. The van der Waals surface area contributed by atoms with Crippen LogP contribution in [0.2, 0.25) is 4.34 Å². The van der Waals surface area contributed by atoms with E-state index in [1.807, 2.05) is 6.92 Å². The number of aryl methyl sites for hydroxylation is 1. The zero-order chi connectivity index (χ0) is 14.9. The van der Waals surface area contributed by atoms with Crippen LogP contribution in [0.4, 0.5) is 5.69 Å². The number of rotatable bonds is 5. The molecule has 7 nitrogen and oxygen atoms in total. The molecule has 0 spiro atoms. The van der Waals surface area contributed by atoms with Gasteiger partial charge in [0.2, 0.25) is 0 Å². The summed E-state index contributed by atoms with van der Waals surface area (Å²) in [7, 11) is -3.84. The molecule has 0 unspecified atom stereocenters. The molecule has 0 aliphatic rings. The second-order valence-corrected chi connectivity index (χ2v) is 8.64. The first kappa shape index (κ1) is 15.3. The summed E-state index contributed by atoms with van der Waals surface area (Å²) in [5, 5.41) is 11.3. The molecule has 0 amide bonds. The molecule has 0 fully saturated rings. The largest absolute Gasteiger partial charge is 0.300 e. The van der Waals surface area contributed by atoms with E-state index in [4.69, 9.17) is 11.6 Å². The van der Waals surface area contributed by atoms with E-state index in [0.717, 1.165) is 10.9 Å². The van der Waals surface area contributed by atoms with Crippen molar-refractivity contribution in [1.29, 1.82) is 0 Å². The van der Waals surface area contributed by atoms with Gasteiger partial charge in [0.15, 0.2) is 4.34 Å². The third kappa shape index (κ3) is 3.33. The topological polar surface area (TPSA) is 102 Å². The summed E-state index contributed by atoms with van der Waals surface area (Å²) in [6.07, 6.45) is 1.64. The summed E-state index contributed by atoms with van der Waals surface area (Å²) < 4.78 is 26.0. The molecule has 2 rings (SSSR count). The Labute approximate surface area is 127 Å². The fourth-order valence-corrected chi connectivity index (χ4v) is 4.82. The Morgan fingerprint density at radius 3 is 2.70 bits per heavy atom. The molecule has 2 heterocycles. The number of nitrogens with one attached hydrogen (secondary N) is 1. The third-order valence-electron chi connectivity index (χ3n) is 2.19. The third-order valence-corrected chi connectivity index (χ3v) is 6.32. The minimum absolute atomic E-state index is 0.0319. The zero-order valence-electron chi connectivity index (χ0n) is 9.99. The lowest BCUT2D eigenvalue weighted by molar-refractivity contribution is -0.384. The van der Waals surface area contributed by atoms with Crippen LogP contribution in [0.15, 0.2) is 16.5 Å². The van der Waals surface area contributed by atoms with Crippen molar-refractivity contribution in [2.24, 2.45) is 0 Å². The number of nitrogens with zero attached hydrogens (tertiary/aromatic N) is 2. The second-order valence-electron chi connectivity index (χ2n) is 3.67. The van der Waals surface area contributed by atoms with Gasteiger partial charge < -0.3 is 0 Å². The predicted octanol–water partition coefficient (Wildman–Crippen LogP) is 2.55. The quantitative estimate of drug-likeness (QED) is 0.657. The summed E-state index contributed by atoms with van der Waals surface area (Å²) in [6, 6.07) is 0.947. The van der Waals surface area contributed by atoms with Gasteiger partial charge in [-0.05, 0) is 6.92 Å². The van der Waals surface area contributed by atoms with Crippen LogP contribution < -0.4 is 4.72 Å². The minimum Gasteiger partial charge on any atom is -0.258 e. The van der Waals surface area contributed by atoms with Crippen LogP contribution in [0.1, 0.15) is 9.88 Å². The average Bonchev–Trinajstić information content (AvgIpc) is 2.93. The van der Waals surface area contributed by atoms with Crippen molar-refractivity contribution in [3.8, 4) is 0 Å². The van der Waals surface area contributed by atoms with Crippen molar-refractivity contribution in [3.63, 3.8) is 0 Å². The zero-order valence-corrected chi connectivity index (χ0v) is 13.2. The molecule has 0 aliphatic carbocycles. The molecule has 0 radical (unpaired) electrons. The first-order chi connectivity index (χ1) is 9.29. The molecular weight excluding hydrogens is 346 g/mol. The molecule has 0 aliphatic heterocycles. The predicted molar refractivity (Wildman–Crippen MR) is 76.9 cm³/mol. The Morgan fingerprint density at radius 1 is 1.50 bits per heavy atom. The van der Waals surface area contributed by atoms with Crippen molar-refractivity contribution in [2.45, 2.75) is 17.7 Å². The molecule has 2 aromatic rings. The highest BCUT2D eigenvalue weighted by Gasteiger charge is 2.25. The molecule has 11 heteroatoms. The molecular formula is C9H8ClN3O4S3. The molecule has 0 atom stereocenters. The monoisotopic (exact) mass is 353 g/mol. The highest BCUT2D eigenvalue weighted by molar-refractivity contribution is 7.91. The van der Waals surface area contributed by atoms with E-state index in [2.05, 4.69) is 9.71 Å². The first-order valence-corrected chi connectivity index (χ1v) is 8.63. The van der Waals surface area contributed by atoms with Crippen LogP contribution in [0, 0.1) is 17.0 Å². The Kier molecular flexibility index (Phi) is 4.39. The van der Waals surface area contributed by atoms with E-state index in [1.54, 1.807) is 6.20 Å². The molecule has 0 aromatic carbocycles. The van der Waals surface area contributed by atoms with Crippen LogP contribution in [0.25, 0.3) is 0 Å². The standard InChI is InChI=1S/C9H8ClN3O4S3/c1-5-3-11-7(18-5)4-12-20(16,17)8-2-6(13(14)15)9(10)19-8/h2-3,12H,4H2,1H3. The van der Waals surface area contributed by atoms with Crippen LogP contribution in [0.3, 0.4) is 0 Å². The van der Waals surface area contributed by atoms with Crippen molar-refractivity contribution < 1.29 is 13.3 Å². The van der Waals surface area contributed by atoms with Gasteiger partial charge in [-0.25, -0.2) is 18.1 Å². The summed E-state index contributed by atoms with van der Waals surface area (Å²) in [4.78, 5) is 14.9. The van der Waals surface area contributed by atoms with E-state index in [9.17, 15) is 18.5 Å². The van der Waals surface area contributed by atoms with E-state index < -0.39 is 20.6 Å². The maximum absolute atomic E-state index is 12.0. The highest BCUT2D eigenvalue weighted by Crippen LogP contribution is 2.36. The van der Waals surface area contributed by atoms with E-state index in [0.29, 0.717) is 16.3 Å². The van der Waals surface area contributed by atoms with Crippen molar-refractivity contribution >= 4 is 50.0 Å². The molecule has 20 heavy (non-hydrogen) atoms. The Hall–Kier alpha value is -1.07. The summed E-state index contributed by atoms with van der Waals surface area (Å²) in [6.45, 7) is 1.89. The van der Waals surface area contributed by atoms with Gasteiger partial charge in [-0.3, -0.25) is 10.1 Å². The number of sulfonamides is 1. The summed E-state index contributed by atoms with van der Waals surface area (Å²) >= 11 is 7.66. The summed E-state index contributed by atoms with van der Waals surface area (Å²) in [5.41, 5.74) is -0.415. The molecule has 108 valence electrons. The molecule has 0 saturated carbocycles. The molecule has 0 saturated heterocycles. The van der Waals surface area contributed by atoms with Gasteiger partial charge in [0.1, 0.15) is 9.22 Å². The van der Waals surface area contributed by atoms with Gasteiger partial charge in [0.05, 0.1) is 11.5 Å². The number of thiophene rings is 1. The van der Waals surface area contributed by atoms with Crippen LogP contribution in [0.5, 0.6) is 0 Å². The minimum atomic E-state index is -3.84. The van der Waals surface area contributed by atoms with Gasteiger partial charge >= 0.3 is 0 Å². The van der Waals surface area contributed by atoms with Crippen molar-refractivity contribution in [1.82, 2.24) is 9.71 Å². The number of hydrogen-bond acceptors (Lipinski definition) is 7. The van der Waals surface area contributed by atoms with Gasteiger partial charge in [-0.1, -0.05) is 11.6 Å². The van der Waals surface area contributed by atoms with Crippen molar-refractivity contribution in [3.05, 3.63) is 36.6 Å². The maximum Gasteiger partial charge on any atom is 0.300 e. The second kappa shape index (κ2) is 5.74. The lowest BCUT2D eigenvalue weighted by atomic mass is 10.6. The van der Waals surface area contributed by atoms with Crippen molar-refractivity contribution in [2.75, 3.05) is 0 Å². The van der Waals surface area contributed by atoms with Gasteiger partial charge in [-0.15, -0.1) is 22.7 Å². The number of hydrogen-bond donors (Lipinski definition) is 1. The number of aromatic nitrogens is 1. The van der Waals surface area contributed by atoms with Gasteiger partial charge in [-0.2, -0.15) is 0 Å². The average molecular weight is 354 g/mol. The fraction of sp³-hybridized carbons (Fsp3) is 0.222. The molecule has 0 bridgehead atoms. The van der Waals surface area contributed by atoms with Crippen LogP contribution >= 0.6 is 34.3 Å². The SMILES string of the molecule is Cc1cnc(CNS(=O)(=O)c2cc([N+](=O)[O-])c(Cl)s2)s1. The molecule has 2 aromatic heterocycles. The Balaban J connectivity index is 2.18. The maximum atomic E-state index is 12.0. The number of halogens is 1. The van der Waals surface area contributed by atoms with Gasteiger partial charge in [0.25, 0.3) is 15.7 Å². The lowest BCUT2D eigenvalue weighted by Gasteiger charge is -2.01. The van der Waals surface area contributed by atoms with E-state index >= 15 is 0 Å². The number of nitro groups is 1. The van der Waals surface area contributed by atoms with Crippen LogP contribution in [-0.2, 0) is 16.6 Å². The normalized spacial score (nSPS) is 11.7. The van der Waals surface area contributed by atoms with E-state index in [-0.39, 0.29) is 15.1 Å². The lowest BCUT2D eigenvalue weighted by Crippen LogP contribution is -2.22. The fourth-order valence-electron chi connectivity index (χ4n) is 1.31. The van der Waals surface area contributed by atoms with Gasteiger partial charge in [0, 0.05) is 17.1 Å². The van der Waals surface area contributed by atoms with Crippen LogP contribution in [-0.4, -0.2) is 18.3 Å². The smallest absolute Gasteiger partial charge is 0.258 e. The van der Waals surface area contributed by atoms with E-state index in [1.165, 1.54) is 11.3 Å². The summed E-state index contributed by atoms with van der Waals surface area (Å²) in [5.74, 6) is 0. The number of thiazole rings is 1. The highest BCUT2D eigenvalue weighted by atomic mass is 35.5. The Bertz CT molecular complexity index is 752. The Morgan fingerprint density at radius 2 is 2.20 bits per heavy atom. The first-order valence-electron chi connectivity index (χ1n) is 5.14.